The Balaban J connectivity index is 0. The van der Waals surface area contributed by atoms with Gasteiger partial charge in [-0.2, -0.15) is 0 Å². The summed E-state index contributed by atoms with van der Waals surface area (Å²) in [7, 11) is 0. The van der Waals surface area contributed by atoms with Crippen LogP contribution in [-0.2, 0) is 6.42 Å². The van der Waals surface area contributed by atoms with Crippen molar-refractivity contribution in [3.63, 3.8) is 0 Å². The van der Waals surface area contributed by atoms with Crippen LogP contribution >= 0.6 is 0 Å². The van der Waals surface area contributed by atoms with Crippen molar-refractivity contribution in [1.29, 1.82) is 0 Å². The summed E-state index contributed by atoms with van der Waals surface area (Å²) in [6, 6.07) is 10.5. The van der Waals surface area contributed by atoms with Crippen LogP contribution in [0.15, 0.2) is 43.5 Å². The number of rotatable bonds is 1. The van der Waals surface area contributed by atoms with Gasteiger partial charge in [-0.15, -0.1) is 13.2 Å². The van der Waals surface area contributed by atoms with Crippen LogP contribution in [0.5, 0.6) is 0 Å². The molecule has 0 saturated heterocycles. The number of hydrogen-bond donors (Lipinski definition) is 0. The highest BCUT2D eigenvalue weighted by Crippen LogP contribution is 1.96. The molecule has 0 radical (unpaired) electrons. The van der Waals surface area contributed by atoms with E-state index in [9.17, 15) is 0 Å². The van der Waals surface area contributed by atoms with Crippen molar-refractivity contribution in [1.82, 2.24) is 0 Å². The Morgan fingerprint density at radius 3 is 1.54 bits per heavy atom. The van der Waals surface area contributed by atoms with Gasteiger partial charge < -0.3 is 0 Å². The second kappa shape index (κ2) is 13.5. The molecule has 0 nitrogen and oxygen atoms in total. The summed E-state index contributed by atoms with van der Waals surface area (Å²) < 4.78 is 0. The van der Waals surface area contributed by atoms with Gasteiger partial charge in [-0.05, 0) is 12.0 Å². The maximum Gasteiger partial charge on any atom is -0.0307 e. The molecule has 0 heteroatoms. The lowest BCUT2D eigenvalue weighted by atomic mass is 10.2. The van der Waals surface area contributed by atoms with Gasteiger partial charge in [-0.1, -0.05) is 57.5 Å². The molecule has 0 amide bonds. The largest absolute Gasteiger partial charge is 0.106 e. The summed E-state index contributed by atoms with van der Waals surface area (Å²) in [6.45, 7) is 12.4. The second-order valence-electron chi connectivity index (χ2n) is 2.55. The summed E-state index contributed by atoms with van der Waals surface area (Å²) >= 11 is 0. The highest BCUT2D eigenvalue weighted by atomic mass is 13.9. The lowest BCUT2D eigenvalue weighted by Crippen LogP contribution is -1.73. The number of hydrogen-bond acceptors (Lipinski definition) is 0. The van der Waals surface area contributed by atoms with E-state index in [0.29, 0.717) is 0 Å². The Labute approximate surface area is 83.3 Å². The standard InChI is InChI=1S/C8H10.C3H8.C2H4/c1-2-8-6-4-3-5-7-8;1-3-2;1-2/h3-7H,2H2,1H3;3H2,1-2H3;1-2H2. The first-order valence-electron chi connectivity index (χ1n) is 4.89. The highest BCUT2D eigenvalue weighted by molar-refractivity contribution is 5.13. The monoisotopic (exact) mass is 178 g/mol. The van der Waals surface area contributed by atoms with Crippen molar-refractivity contribution in [2.45, 2.75) is 33.6 Å². The molecule has 0 atom stereocenters. The lowest BCUT2D eigenvalue weighted by molar-refractivity contribution is 1.09. The van der Waals surface area contributed by atoms with E-state index in [1.54, 1.807) is 0 Å². The molecular formula is C13H22. The van der Waals surface area contributed by atoms with Crippen LogP contribution in [0.25, 0.3) is 0 Å². The third kappa shape index (κ3) is 11.0. The molecule has 0 bridgehead atoms. The number of benzene rings is 1. The Hall–Kier alpha value is -1.04. The van der Waals surface area contributed by atoms with E-state index >= 15 is 0 Å². The SMILES string of the molecule is C=C.CCC.CCc1ccccc1. The summed E-state index contributed by atoms with van der Waals surface area (Å²) in [4.78, 5) is 0. The Kier molecular flexibility index (Phi) is 15.1. The molecule has 0 fully saturated rings. The van der Waals surface area contributed by atoms with Gasteiger partial charge in [0.1, 0.15) is 0 Å². The van der Waals surface area contributed by atoms with E-state index in [1.165, 1.54) is 12.0 Å². The fourth-order valence-electron chi connectivity index (χ4n) is 0.714. The predicted molar refractivity (Wildman–Crippen MR) is 63.0 cm³/mol. The van der Waals surface area contributed by atoms with Crippen molar-refractivity contribution in [2.75, 3.05) is 0 Å². The third-order valence-corrected chi connectivity index (χ3v) is 1.25. The lowest BCUT2D eigenvalue weighted by Gasteiger charge is -1.89. The van der Waals surface area contributed by atoms with Gasteiger partial charge in [0.2, 0.25) is 0 Å². The van der Waals surface area contributed by atoms with Crippen LogP contribution in [0.1, 0.15) is 32.8 Å². The smallest absolute Gasteiger partial charge is 0.0307 e. The quantitative estimate of drug-likeness (QED) is 0.557. The Bertz CT molecular complexity index is 165. The van der Waals surface area contributed by atoms with Gasteiger partial charge in [0.25, 0.3) is 0 Å². The molecular weight excluding hydrogens is 156 g/mol. The Morgan fingerprint density at radius 2 is 1.31 bits per heavy atom. The first-order chi connectivity index (χ1) is 6.35. The van der Waals surface area contributed by atoms with E-state index in [-0.39, 0.29) is 0 Å². The first kappa shape index (κ1) is 14.5. The molecule has 0 saturated carbocycles. The van der Waals surface area contributed by atoms with Crippen molar-refractivity contribution in [3.05, 3.63) is 49.1 Å². The van der Waals surface area contributed by atoms with Gasteiger partial charge in [-0.25, -0.2) is 0 Å². The van der Waals surface area contributed by atoms with Crippen LogP contribution in [0.3, 0.4) is 0 Å². The second-order valence-corrected chi connectivity index (χ2v) is 2.55. The maximum atomic E-state index is 3.00. The zero-order valence-electron chi connectivity index (χ0n) is 9.22. The molecule has 1 rings (SSSR count). The van der Waals surface area contributed by atoms with Crippen LogP contribution in [0, 0.1) is 0 Å². The molecule has 0 aliphatic heterocycles. The van der Waals surface area contributed by atoms with E-state index < -0.39 is 0 Å². The fraction of sp³-hybridized carbons (Fsp3) is 0.385. The summed E-state index contributed by atoms with van der Waals surface area (Å²) in [5.74, 6) is 0. The van der Waals surface area contributed by atoms with Crippen molar-refractivity contribution in [3.8, 4) is 0 Å². The number of aryl methyl sites for hydroxylation is 1. The van der Waals surface area contributed by atoms with Gasteiger partial charge >= 0.3 is 0 Å². The molecule has 0 aromatic heterocycles. The van der Waals surface area contributed by atoms with Gasteiger partial charge in [-0.3, -0.25) is 0 Å². The molecule has 1 aromatic carbocycles. The average Bonchev–Trinajstić information content (AvgIpc) is 2.23. The predicted octanol–water partition coefficient (Wildman–Crippen LogP) is 4.47. The van der Waals surface area contributed by atoms with Gasteiger partial charge in [0, 0.05) is 0 Å². The summed E-state index contributed by atoms with van der Waals surface area (Å²) in [5.41, 5.74) is 1.41. The minimum Gasteiger partial charge on any atom is -0.106 e. The van der Waals surface area contributed by atoms with Gasteiger partial charge in [0.05, 0.1) is 0 Å². The van der Waals surface area contributed by atoms with Crippen molar-refractivity contribution in [2.24, 2.45) is 0 Å². The molecule has 0 unspecified atom stereocenters. The first-order valence-corrected chi connectivity index (χ1v) is 4.89. The summed E-state index contributed by atoms with van der Waals surface area (Å²) in [6.07, 6.45) is 2.39. The van der Waals surface area contributed by atoms with E-state index in [0.717, 1.165) is 6.42 Å². The third-order valence-electron chi connectivity index (χ3n) is 1.25. The fourth-order valence-corrected chi connectivity index (χ4v) is 0.714. The molecule has 0 aliphatic rings. The minimum absolute atomic E-state index is 1.14. The van der Waals surface area contributed by atoms with E-state index in [1.807, 2.05) is 6.07 Å². The van der Waals surface area contributed by atoms with Crippen LogP contribution in [-0.4, -0.2) is 0 Å². The maximum absolute atomic E-state index is 3.00. The van der Waals surface area contributed by atoms with E-state index in [4.69, 9.17) is 0 Å². The molecule has 13 heavy (non-hydrogen) atoms. The van der Waals surface area contributed by atoms with Crippen LogP contribution in [0.4, 0.5) is 0 Å². The normalized spacial score (nSPS) is 7.31. The van der Waals surface area contributed by atoms with Crippen LogP contribution in [0.2, 0.25) is 0 Å². The Morgan fingerprint density at radius 1 is 0.923 bits per heavy atom. The average molecular weight is 178 g/mol. The zero-order chi connectivity index (χ0) is 10.5. The van der Waals surface area contributed by atoms with Crippen LogP contribution < -0.4 is 0 Å². The zero-order valence-corrected chi connectivity index (χ0v) is 9.22. The molecule has 0 spiro atoms. The summed E-state index contributed by atoms with van der Waals surface area (Å²) in [5, 5.41) is 0. The molecule has 0 N–H and O–H groups in total. The molecule has 0 aliphatic carbocycles. The minimum atomic E-state index is 1.14. The topological polar surface area (TPSA) is 0 Å². The van der Waals surface area contributed by atoms with Crippen molar-refractivity contribution >= 4 is 0 Å². The van der Waals surface area contributed by atoms with Crippen molar-refractivity contribution < 1.29 is 0 Å². The molecule has 74 valence electrons. The van der Waals surface area contributed by atoms with Gasteiger partial charge in [0.15, 0.2) is 0 Å². The van der Waals surface area contributed by atoms with E-state index in [2.05, 4.69) is 58.2 Å². The highest BCUT2D eigenvalue weighted by Gasteiger charge is 1.79. The molecule has 0 heterocycles. The molecule has 1 aromatic rings.